The van der Waals surface area contributed by atoms with Crippen molar-refractivity contribution in [3.8, 4) is 0 Å². The fourth-order valence-electron chi connectivity index (χ4n) is 2.53. The summed E-state index contributed by atoms with van der Waals surface area (Å²) >= 11 is 1.70. The van der Waals surface area contributed by atoms with E-state index in [0.29, 0.717) is 0 Å². The van der Waals surface area contributed by atoms with Gasteiger partial charge in [0.05, 0.1) is 11.6 Å². The van der Waals surface area contributed by atoms with Crippen molar-refractivity contribution in [2.24, 2.45) is 5.10 Å². The minimum Gasteiger partial charge on any atom is -0.361 e. The van der Waals surface area contributed by atoms with E-state index in [2.05, 4.69) is 44.5 Å². The Kier molecular flexibility index (Phi) is 3.51. The summed E-state index contributed by atoms with van der Waals surface area (Å²) < 4.78 is 0. The molecule has 6 heteroatoms. The lowest BCUT2D eigenvalue weighted by molar-refractivity contribution is 1.18. The summed E-state index contributed by atoms with van der Waals surface area (Å²) in [6.45, 7) is 2.14. The number of nitrogens with one attached hydrogen (secondary N) is 2. The number of rotatable bonds is 4. The second-order valence-corrected chi connectivity index (χ2v) is 6.28. The van der Waals surface area contributed by atoms with Crippen LogP contribution in [0.15, 0.2) is 48.0 Å². The molecule has 114 valence electrons. The maximum atomic E-state index is 4.34. The summed E-state index contributed by atoms with van der Waals surface area (Å²) in [7, 11) is 0. The molecule has 0 fully saturated rings. The van der Waals surface area contributed by atoms with E-state index in [1.165, 1.54) is 4.88 Å². The fourth-order valence-corrected chi connectivity index (χ4v) is 3.47. The van der Waals surface area contributed by atoms with E-state index in [1.54, 1.807) is 23.9 Å². The van der Waals surface area contributed by atoms with Crippen molar-refractivity contribution in [3.63, 3.8) is 0 Å². The van der Waals surface area contributed by atoms with E-state index in [0.717, 1.165) is 38.9 Å². The minimum absolute atomic E-state index is 0.738. The van der Waals surface area contributed by atoms with Crippen LogP contribution in [0.25, 0.3) is 21.1 Å². The Morgan fingerprint density at radius 3 is 3.09 bits per heavy atom. The Hall–Kier alpha value is -2.73. The van der Waals surface area contributed by atoms with Crippen LogP contribution in [-0.2, 0) is 6.42 Å². The highest BCUT2D eigenvalue weighted by Gasteiger charge is 2.07. The Bertz CT molecular complexity index is 998. The zero-order valence-electron chi connectivity index (χ0n) is 12.6. The molecule has 0 aliphatic carbocycles. The summed E-state index contributed by atoms with van der Waals surface area (Å²) in [5.41, 5.74) is 5.18. The van der Waals surface area contributed by atoms with Gasteiger partial charge in [0.15, 0.2) is 5.82 Å². The average molecular weight is 321 g/mol. The highest BCUT2D eigenvalue weighted by molar-refractivity contribution is 7.18. The van der Waals surface area contributed by atoms with Gasteiger partial charge in [-0.25, -0.2) is 9.97 Å². The van der Waals surface area contributed by atoms with Gasteiger partial charge in [0.1, 0.15) is 11.2 Å². The van der Waals surface area contributed by atoms with Crippen molar-refractivity contribution in [2.45, 2.75) is 13.3 Å². The summed E-state index contributed by atoms with van der Waals surface area (Å²) in [4.78, 5) is 14.1. The molecular formula is C17H15N5S. The van der Waals surface area contributed by atoms with Crippen molar-refractivity contribution in [1.82, 2.24) is 15.0 Å². The molecule has 0 bridgehead atoms. The van der Waals surface area contributed by atoms with Crippen LogP contribution in [0.1, 0.15) is 17.4 Å². The van der Waals surface area contributed by atoms with Gasteiger partial charge in [0.25, 0.3) is 0 Å². The Morgan fingerprint density at radius 2 is 2.17 bits per heavy atom. The first-order chi connectivity index (χ1) is 11.3. The summed E-state index contributed by atoms with van der Waals surface area (Å²) in [6.07, 6.45) is 6.33. The van der Waals surface area contributed by atoms with Crippen LogP contribution in [0.3, 0.4) is 0 Å². The van der Waals surface area contributed by atoms with Crippen molar-refractivity contribution < 1.29 is 0 Å². The topological polar surface area (TPSA) is 66.0 Å². The minimum atomic E-state index is 0.738. The Labute approximate surface area is 137 Å². The molecule has 0 amide bonds. The van der Waals surface area contributed by atoms with E-state index < -0.39 is 0 Å². The third-order valence-electron chi connectivity index (χ3n) is 3.72. The standard InChI is InChI=1S/C17H15N5S/c1-2-12-7-14-16(19-10-20-17(14)23-12)22-21-9-11-8-18-15-6-4-3-5-13(11)15/h3-10,18H,2H2,1H3,(H,19,20,22)/b21-9-. The number of benzene rings is 1. The van der Waals surface area contributed by atoms with Gasteiger partial charge in [-0.15, -0.1) is 11.3 Å². The number of nitrogens with zero attached hydrogens (tertiary/aromatic N) is 3. The van der Waals surface area contributed by atoms with Gasteiger partial charge in [-0.3, -0.25) is 5.43 Å². The number of thiophene rings is 1. The molecule has 4 rings (SSSR count). The van der Waals surface area contributed by atoms with Gasteiger partial charge >= 0.3 is 0 Å². The molecule has 0 radical (unpaired) electrons. The maximum Gasteiger partial charge on any atom is 0.158 e. The third kappa shape index (κ3) is 2.57. The molecule has 4 aromatic rings. The van der Waals surface area contributed by atoms with Gasteiger partial charge in [-0.1, -0.05) is 25.1 Å². The van der Waals surface area contributed by atoms with Crippen molar-refractivity contribution >= 4 is 44.5 Å². The number of hydrazone groups is 1. The van der Waals surface area contributed by atoms with Crippen LogP contribution in [0.2, 0.25) is 0 Å². The molecular weight excluding hydrogens is 306 g/mol. The van der Waals surface area contributed by atoms with Crippen LogP contribution >= 0.6 is 11.3 Å². The van der Waals surface area contributed by atoms with E-state index >= 15 is 0 Å². The van der Waals surface area contributed by atoms with Crippen molar-refractivity contribution in [2.75, 3.05) is 5.43 Å². The predicted molar refractivity (Wildman–Crippen MR) is 96.3 cm³/mol. The monoisotopic (exact) mass is 321 g/mol. The number of fused-ring (bicyclic) bond motifs is 2. The zero-order valence-corrected chi connectivity index (χ0v) is 13.4. The molecule has 5 nitrogen and oxygen atoms in total. The molecule has 23 heavy (non-hydrogen) atoms. The van der Waals surface area contributed by atoms with Gasteiger partial charge in [0, 0.05) is 27.5 Å². The highest BCUT2D eigenvalue weighted by Crippen LogP contribution is 2.28. The van der Waals surface area contributed by atoms with E-state index in [1.807, 2.05) is 24.4 Å². The number of hydrogen-bond acceptors (Lipinski definition) is 5. The van der Waals surface area contributed by atoms with Gasteiger partial charge in [-0.2, -0.15) is 5.10 Å². The largest absolute Gasteiger partial charge is 0.361 e. The molecule has 0 aliphatic heterocycles. The summed E-state index contributed by atoms with van der Waals surface area (Å²) in [6, 6.07) is 10.3. The molecule has 0 saturated heterocycles. The van der Waals surface area contributed by atoms with Crippen LogP contribution in [0, 0.1) is 0 Å². The van der Waals surface area contributed by atoms with Crippen LogP contribution in [0.5, 0.6) is 0 Å². The number of para-hydroxylation sites is 1. The average Bonchev–Trinajstić information content (AvgIpc) is 3.19. The van der Waals surface area contributed by atoms with Crippen molar-refractivity contribution in [1.29, 1.82) is 0 Å². The van der Waals surface area contributed by atoms with Gasteiger partial charge < -0.3 is 4.98 Å². The van der Waals surface area contributed by atoms with E-state index in [4.69, 9.17) is 0 Å². The smallest absolute Gasteiger partial charge is 0.158 e. The molecule has 0 saturated carbocycles. The number of anilines is 1. The number of H-pyrrole nitrogens is 1. The highest BCUT2D eigenvalue weighted by atomic mass is 32.1. The number of aromatic amines is 1. The lowest BCUT2D eigenvalue weighted by Crippen LogP contribution is -1.94. The fraction of sp³-hybridized carbons (Fsp3) is 0.118. The first-order valence-electron chi connectivity index (χ1n) is 7.44. The summed E-state index contributed by atoms with van der Waals surface area (Å²) in [5.74, 6) is 0.738. The van der Waals surface area contributed by atoms with Crippen LogP contribution in [0.4, 0.5) is 5.82 Å². The van der Waals surface area contributed by atoms with Gasteiger partial charge in [0.2, 0.25) is 0 Å². The molecule has 3 heterocycles. The molecule has 0 unspecified atom stereocenters. The van der Waals surface area contributed by atoms with Crippen molar-refractivity contribution in [3.05, 3.63) is 53.3 Å². The molecule has 0 atom stereocenters. The predicted octanol–water partition coefficient (Wildman–Crippen LogP) is 4.18. The number of aromatic nitrogens is 3. The molecule has 2 N–H and O–H groups in total. The SMILES string of the molecule is CCc1cc2c(N/N=C\c3c[nH]c4ccccc34)ncnc2s1. The Balaban J connectivity index is 1.62. The Morgan fingerprint density at radius 1 is 1.26 bits per heavy atom. The first-order valence-corrected chi connectivity index (χ1v) is 8.25. The molecule has 0 spiro atoms. The lowest BCUT2D eigenvalue weighted by atomic mass is 10.2. The normalized spacial score (nSPS) is 11.7. The quantitative estimate of drug-likeness (QED) is 0.438. The van der Waals surface area contributed by atoms with Crippen LogP contribution in [-0.4, -0.2) is 21.2 Å². The molecule has 0 aliphatic rings. The number of hydrogen-bond donors (Lipinski definition) is 2. The van der Waals surface area contributed by atoms with Gasteiger partial charge in [-0.05, 0) is 18.6 Å². The first kappa shape index (κ1) is 13.9. The van der Waals surface area contributed by atoms with Crippen LogP contribution < -0.4 is 5.43 Å². The molecule has 1 aromatic carbocycles. The lowest BCUT2D eigenvalue weighted by Gasteiger charge is -1.99. The van der Waals surface area contributed by atoms with E-state index in [9.17, 15) is 0 Å². The second-order valence-electron chi connectivity index (χ2n) is 5.17. The maximum absolute atomic E-state index is 4.34. The second kappa shape index (κ2) is 5.81. The third-order valence-corrected chi connectivity index (χ3v) is 4.91. The zero-order chi connectivity index (χ0) is 15.6. The number of aryl methyl sites for hydroxylation is 1. The summed E-state index contributed by atoms with van der Waals surface area (Å²) in [5, 5.41) is 6.51. The van der Waals surface area contributed by atoms with E-state index in [-0.39, 0.29) is 0 Å². The molecule has 3 aromatic heterocycles.